The molecule has 1 fully saturated rings. The van der Waals surface area contributed by atoms with Gasteiger partial charge < -0.3 is 14.7 Å². The molecule has 4 rings (SSSR count). The molecule has 0 aliphatic carbocycles. The van der Waals surface area contributed by atoms with E-state index in [2.05, 4.69) is 58.1 Å². The second kappa shape index (κ2) is 8.98. The number of rotatable bonds is 4. The minimum atomic E-state index is 0. The van der Waals surface area contributed by atoms with Crippen LogP contribution < -0.4 is 4.90 Å². The van der Waals surface area contributed by atoms with Crippen LogP contribution in [-0.4, -0.2) is 56.1 Å². The molecule has 0 radical (unpaired) electrons. The van der Waals surface area contributed by atoms with Crippen LogP contribution in [0, 0.1) is 0 Å². The topological polar surface area (TPSA) is 9.72 Å². The summed E-state index contributed by atoms with van der Waals surface area (Å²) in [6.45, 7) is 6.92. The van der Waals surface area contributed by atoms with Gasteiger partial charge in [0, 0.05) is 47.5 Å². The monoisotopic (exact) mass is 453 g/mol. The summed E-state index contributed by atoms with van der Waals surface area (Å²) in [7, 11) is 2.21. The predicted octanol–water partition coefficient (Wildman–Crippen LogP) is 5.16. The zero-order valence-electron chi connectivity index (χ0n) is 15.0. The number of piperazine rings is 1. The molecule has 26 heavy (non-hydrogen) atoms. The third-order valence-corrected chi connectivity index (χ3v) is 6.41. The smallest absolute Gasteiger partial charge is 0.0567 e. The lowest BCUT2D eigenvalue weighted by Crippen LogP contribution is -2.45. The van der Waals surface area contributed by atoms with Crippen LogP contribution in [0.2, 0.25) is 5.02 Å². The Morgan fingerprint density at radius 1 is 0.923 bits per heavy atom. The lowest BCUT2D eigenvalue weighted by molar-refractivity contribution is 0.153. The molecule has 140 valence electrons. The Hall–Kier alpha value is -0.720. The van der Waals surface area contributed by atoms with Gasteiger partial charge >= 0.3 is 0 Å². The van der Waals surface area contributed by atoms with Gasteiger partial charge in [0.2, 0.25) is 0 Å². The SMILES string of the molecule is Br.CN1CCN(CCCN2c3ccccc3Sc3ccc(Cl)cc32)CC1. The third-order valence-electron chi connectivity index (χ3n) is 5.04. The molecule has 2 aliphatic heterocycles. The molecule has 2 aliphatic rings. The highest BCUT2D eigenvalue weighted by atomic mass is 79.9. The first-order chi connectivity index (χ1) is 12.2. The molecular weight excluding hydrogens is 430 g/mol. The maximum absolute atomic E-state index is 6.29. The number of anilines is 2. The van der Waals surface area contributed by atoms with Gasteiger partial charge in [-0.1, -0.05) is 35.5 Å². The quantitative estimate of drug-likeness (QED) is 0.631. The van der Waals surface area contributed by atoms with Crippen molar-refractivity contribution < 1.29 is 0 Å². The van der Waals surface area contributed by atoms with Gasteiger partial charge in [-0.15, -0.1) is 17.0 Å². The van der Waals surface area contributed by atoms with Gasteiger partial charge in [0.05, 0.1) is 11.4 Å². The minimum absolute atomic E-state index is 0. The molecule has 0 amide bonds. The van der Waals surface area contributed by atoms with Gasteiger partial charge in [0.15, 0.2) is 0 Å². The normalized spacial score (nSPS) is 17.4. The van der Waals surface area contributed by atoms with E-state index in [1.807, 2.05) is 17.8 Å². The summed E-state index contributed by atoms with van der Waals surface area (Å²) in [6.07, 6.45) is 1.16. The number of nitrogens with zero attached hydrogens (tertiary/aromatic N) is 3. The zero-order valence-corrected chi connectivity index (χ0v) is 18.3. The number of halogens is 2. The van der Waals surface area contributed by atoms with Crippen molar-refractivity contribution in [2.24, 2.45) is 0 Å². The number of benzene rings is 2. The first kappa shape index (κ1) is 20.0. The van der Waals surface area contributed by atoms with Gasteiger partial charge in [-0.25, -0.2) is 0 Å². The number of hydrogen-bond donors (Lipinski definition) is 0. The fourth-order valence-corrected chi connectivity index (χ4v) is 4.81. The van der Waals surface area contributed by atoms with E-state index >= 15 is 0 Å². The molecular formula is C20H25BrClN3S. The molecule has 0 spiro atoms. The number of para-hydroxylation sites is 1. The zero-order chi connectivity index (χ0) is 17.2. The van der Waals surface area contributed by atoms with Crippen molar-refractivity contribution in [1.29, 1.82) is 0 Å². The third kappa shape index (κ3) is 4.39. The second-order valence-corrected chi connectivity index (χ2v) is 8.35. The van der Waals surface area contributed by atoms with Gasteiger partial charge in [-0.05, 0) is 50.3 Å². The summed E-state index contributed by atoms with van der Waals surface area (Å²) in [5, 5.41) is 0.808. The fraction of sp³-hybridized carbons (Fsp3) is 0.400. The molecule has 0 unspecified atom stereocenters. The molecule has 1 saturated heterocycles. The Bertz CT molecular complexity index is 750. The van der Waals surface area contributed by atoms with Crippen molar-refractivity contribution in [3.8, 4) is 0 Å². The molecule has 0 aromatic heterocycles. The van der Waals surface area contributed by atoms with Crippen LogP contribution in [0.4, 0.5) is 11.4 Å². The van der Waals surface area contributed by atoms with E-state index in [-0.39, 0.29) is 17.0 Å². The summed E-state index contributed by atoms with van der Waals surface area (Å²) in [5.41, 5.74) is 2.55. The van der Waals surface area contributed by atoms with Crippen LogP contribution in [0.3, 0.4) is 0 Å². The van der Waals surface area contributed by atoms with Crippen LogP contribution >= 0.6 is 40.3 Å². The highest BCUT2D eigenvalue weighted by Crippen LogP contribution is 2.48. The summed E-state index contributed by atoms with van der Waals surface area (Å²) < 4.78 is 0. The van der Waals surface area contributed by atoms with Crippen molar-refractivity contribution in [1.82, 2.24) is 9.80 Å². The molecule has 3 nitrogen and oxygen atoms in total. The van der Waals surface area contributed by atoms with E-state index in [0.29, 0.717) is 0 Å². The summed E-state index contributed by atoms with van der Waals surface area (Å²) in [5.74, 6) is 0. The maximum atomic E-state index is 6.29. The first-order valence-corrected chi connectivity index (χ1v) is 10.1. The Balaban J connectivity index is 0.00000196. The van der Waals surface area contributed by atoms with E-state index in [4.69, 9.17) is 11.6 Å². The highest BCUT2D eigenvalue weighted by Gasteiger charge is 2.23. The molecule has 6 heteroatoms. The van der Waals surface area contributed by atoms with E-state index < -0.39 is 0 Å². The van der Waals surface area contributed by atoms with Crippen LogP contribution in [0.5, 0.6) is 0 Å². The van der Waals surface area contributed by atoms with Crippen LogP contribution in [-0.2, 0) is 0 Å². The summed E-state index contributed by atoms with van der Waals surface area (Å²) in [6, 6.07) is 14.9. The minimum Gasteiger partial charge on any atom is -0.340 e. The average molecular weight is 455 g/mol. The van der Waals surface area contributed by atoms with Gasteiger partial charge in [0.1, 0.15) is 0 Å². The molecule has 0 atom stereocenters. The van der Waals surface area contributed by atoms with Crippen LogP contribution in [0.25, 0.3) is 0 Å². The lowest BCUT2D eigenvalue weighted by Gasteiger charge is -2.35. The van der Waals surface area contributed by atoms with E-state index in [1.165, 1.54) is 47.3 Å². The molecule has 2 aromatic rings. The lowest BCUT2D eigenvalue weighted by atomic mass is 10.2. The van der Waals surface area contributed by atoms with E-state index in [1.54, 1.807) is 0 Å². The second-order valence-electron chi connectivity index (χ2n) is 6.83. The van der Waals surface area contributed by atoms with Crippen LogP contribution in [0.1, 0.15) is 6.42 Å². The van der Waals surface area contributed by atoms with Gasteiger partial charge in [-0.3, -0.25) is 0 Å². The van der Waals surface area contributed by atoms with Gasteiger partial charge in [0.25, 0.3) is 0 Å². The fourth-order valence-electron chi connectivity index (χ4n) is 3.57. The molecule has 0 bridgehead atoms. The Labute approximate surface area is 176 Å². The molecule has 0 N–H and O–H groups in total. The number of fused-ring (bicyclic) bond motifs is 2. The average Bonchev–Trinajstić information content (AvgIpc) is 2.63. The Morgan fingerprint density at radius 2 is 1.65 bits per heavy atom. The van der Waals surface area contributed by atoms with Crippen molar-refractivity contribution >= 4 is 51.7 Å². The van der Waals surface area contributed by atoms with Crippen molar-refractivity contribution in [2.45, 2.75) is 16.2 Å². The molecule has 0 saturated carbocycles. The number of likely N-dealkylation sites (N-methyl/N-ethyl adjacent to an activating group) is 1. The van der Waals surface area contributed by atoms with Crippen molar-refractivity contribution in [3.63, 3.8) is 0 Å². The van der Waals surface area contributed by atoms with Crippen LogP contribution in [0.15, 0.2) is 52.3 Å². The first-order valence-electron chi connectivity index (χ1n) is 8.95. The van der Waals surface area contributed by atoms with E-state index in [0.717, 1.165) is 24.5 Å². The van der Waals surface area contributed by atoms with Gasteiger partial charge in [-0.2, -0.15) is 0 Å². The predicted molar refractivity (Wildman–Crippen MR) is 118 cm³/mol. The summed E-state index contributed by atoms with van der Waals surface area (Å²) >= 11 is 8.13. The van der Waals surface area contributed by atoms with Crippen molar-refractivity contribution in [2.75, 3.05) is 51.2 Å². The van der Waals surface area contributed by atoms with Crippen molar-refractivity contribution in [3.05, 3.63) is 47.5 Å². The highest BCUT2D eigenvalue weighted by molar-refractivity contribution is 8.93. The molecule has 2 heterocycles. The standard InChI is InChI=1S/C20H24ClN3S.BrH/c1-22-11-13-23(14-12-22)9-4-10-24-17-5-2-3-6-19(17)25-20-8-7-16(21)15-18(20)24;/h2-3,5-8,15H,4,9-14H2,1H3;1H. The summed E-state index contributed by atoms with van der Waals surface area (Å²) in [4.78, 5) is 10.1. The largest absolute Gasteiger partial charge is 0.340 e. The maximum Gasteiger partial charge on any atom is 0.0567 e. The van der Waals surface area contributed by atoms with E-state index in [9.17, 15) is 0 Å². The molecule has 2 aromatic carbocycles. The number of hydrogen-bond acceptors (Lipinski definition) is 4. The Morgan fingerprint density at radius 3 is 2.46 bits per heavy atom. The Kier molecular flexibility index (Phi) is 6.92.